The van der Waals surface area contributed by atoms with Gasteiger partial charge in [0.05, 0.1) is 12.3 Å². The predicted octanol–water partition coefficient (Wildman–Crippen LogP) is 1.50. The number of thioether (sulfide) groups is 1. The lowest BCUT2D eigenvalue weighted by atomic mass is 9.86. The Hall–Kier alpha value is -0.470. The van der Waals surface area contributed by atoms with Crippen LogP contribution < -0.4 is 10.0 Å². The van der Waals surface area contributed by atoms with Gasteiger partial charge < -0.3 is 10.2 Å². The Balaban J connectivity index is 1.85. The van der Waals surface area contributed by atoms with Crippen molar-refractivity contribution in [3.63, 3.8) is 0 Å². The SMILES string of the molecule is CCNC(=NCCS(=O)(=O)NCC1CCC1)N1CCSC(C)(C)C1. The summed E-state index contributed by atoms with van der Waals surface area (Å²) in [6.45, 7) is 10.1. The van der Waals surface area contributed by atoms with Gasteiger partial charge in [0.15, 0.2) is 5.96 Å². The van der Waals surface area contributed by atoms with Crippen LogP contribution in [0.1, 0.15) is 40.0 Å². The van der Waals surface area contributed by atoms with Gasteiger partial charge in [-0.1, -0.05) is 6.42 Å². The lowest BCUT2D eigenvalue weighted by Gasteiger charge is -2.39. The molecule has 1 aliphatic heterocycles. The summed E-state index contributed by atoms with van der Waals surface area (Å²) in [6.07, 6.45) is 3.52. The zero-order valence-electron chi connectivity index (χ0n) is 15.2. The van der Waals surface area contributed by atoms with Crippen LogP contribution in [0, 0.1) is 5.92 Å². The molecule has 0 spiro atoms. The fourth-order valence-electron chi connectivity index (χ4n) is 2.91. The second-order valence-electron chi connectivity index (χ2n) is 7.23. The standard InChI is InChI=1S/C16H32N4O2S2/c1-4-17-15(20-9-10-23-16(2,3)13-20)18-8-11-24(21,22)19-12-14-6-5-7-14/h14,19H,4-13H2,1-3H3,(H,17,18). The first-order chi connectivity index (χ1) is 11.3. The Labute approximate surface area is 151 Å². The normalized spacial score (nSPS) is 22.3. The molecule has 0 aromatic carbocycles. The third kappa shape index (κ3) is 6.44. The predicted molar refractivity (Wildman–Crippen MR) is 103 cm³/mol. The fourth-order valence-corrected chi connectivity index (χ4v) is 4.99. The van der Waals surface area contributed by atoms with E-state index in [2.05, 4.69) is 33.8 Å². The van der Waals surface area contributed by atoms with Gasteiger partial charge in [0, 0.05) is 36.7 Å². The van der Waals surface area contributed by atoms with Crippen molar-refractivity contribution in [3.05, 3.63) is 0 Å². The van der Waals surface area contributed by atoms with Crippen LogP contribution in [-0.4, -0.2) is 68.3 Å². The minimum atomic E-state index is -3.22. The van der Waals surface area contributed by atoms with Gasteiger partial charge in [0.1, 0.15) is 0 Å². The molecule has 0 aromatic rings. The molecule has 0 aromatic heterocycles. The maximum Gasteiger partial charge on any atom is 0.213 e. The van der Waals surface area contributed by atoms with E-state index < -0.39 is 10.0 Å². The monoisotopic (exact) mass is 376 g/mol. The van der Waals surface area contributed by atoms with Crippen molar-refractivity contribution in [2.24, 2.45) is 10.9 Å². The average molecular weight is 377 g/mol. The van der Waals surface area contributed by atoms with E-state index in [1.807, 2.05) is 18.7 Å². The third-order valence-electron chi connectivity index (χ3n) is 4.50. The molecule has 1 aliphatic carbocycles. The highest BCUT2D eigenvalue weighted by Gasteiger charge is 2.28. The maximum atomic E-state index is 12.1. The smallest absolute Gasteiger partial charge is 0.213 e. The topological polar surface area (TPSA) is 73.8 Å². The molecule has 2 rings (SSSR count). The van der Waals surface area contributed by atoms with Crippen molar-refractivity contribution >= 4 is 27.7 Å². The number of sulfonamides is 1. The number of aliphatic imine (C=N–C) groups is 1. The van der Waals surface area contributed by atoms with Crippen LogP contribution in [0.5, 0.6) is 0 Å². The van der Waals surface area contributed by atoms with E-state index in [-0.39, 0.29) is 10.5 Å². The Bertz CT molecular complexity index is 530. The summed E-state index contributed by atoms with van der Waals surface area (Å²) < 4.78 is 27.1. The quantitative estimate of drug-likeness (QED) is 0.520. The van der Waals surface area contributed by atoms with Gasteiger partial charge in [-0.15, -0.1) is 0 Å². The van der Waals surface area contributed by atoms with Gasteiger partial charge >= 0.3 is 0 Å². The van der Waals surface area contributed by atoms with Crippen molar-refractivity contribution < 1.29 is 8.42 Å². The van der Waals surface area contributed by atoms with Gasteiger partial charge in [-0.2, -0.15) is 11.8 Å². The highest BCUT2D eigenvalue weighted by Crippen LogP contribution is 2.29. The molecule has 2 N–H and O–H groups in total. The van der Waals surface area contributed by atoms with Crippen LogP contribution in [0.25, 0.3) is 0 Å². The minimum Gasteiger partial charge on any atom is -0.357 e. The number of nitrogens with zero attached hydrogens (tertiary/aromatic N) is 2. The second-order valence-corrected chi connectivity index (χ2v) is 11.0. The molecule has 140 valence electrons. The molecule has 1 saturated heterocycles. The summed E-state index contributed by atoms with van der Waals surface area (Å²) in [7, 11) is -3.22. The minimum absolute atomic E-state index is 0.0561. The Morgan fingerprint density at radius 1 is 1.38 bits per heavy atom. The van der Waals surface area contributed by atoms with Gasteiger partial charge in [0.25, 0.3) is 0 Å². The number of hydrogen-bond acceptors (Lipinski definition) is 4. The zero-order chi connectivity index (χ0) is 17.6. The zero-order valence-corrected chi connectivity index (χ0v) is 16.8. The van der Waals surface area contributed by atoms with Crippen molar-refractivity contribution in [3.8, 4) is 0 Å². The van der Waals surface area contributed by atoms with Crippen LogP contribution in [0.2, 0.25) is 0 Å². The third-order valence-corrected chi connectivity index (χ3v) is 7.12. The van der Waals surface area contributed by atoms with E-state index in [9.17, 15) is 8.42 Å². The van der Waals surface area contributed by atoms with Crippen LogP contribution in [0.15, 0.2) is 4.99 Å². The molecule has 0 atom stereocenters. The fraction of sp³-hybridized carbons (Fsp3) is 0.938. The number of hydrogen-bond donors (Lipinski definition) is 2. The van der Waals surface area contributed by atoms with E-state index in [0.717, 1.165) is 44.2 Å². The molecule has 1 heterocycles. The molecule has 2 fully saturated rings. The number of rotatable bonds is 7. The highest BCUT2D eigenvalue weighted by atomic mass is 32.2. The summed E-state index contributed by atoms with van der Waals surface area (Å²) in [5.41, 5.74) is 0. The van der Waals surface area contributed by atoms with Gasteiger partial charge in [-0.3, -0.25) is 4.99 Å². The number of nitrogens with one attached hydrogen (secondary N) is 2. The Morgan fingerprint density at radius 2 is 2.12 bits per heavy atom. The summed E-state index contributed by atoms with van der Waals surface area (Å²) in [6, 6.07) is 0. The van der Waals surface area contributed by atoms with E-state index >= 15 is 0 Å². The van der Waals surface area contributed by atoms with E-state index in [0.29, 0.717) is 19.0 Å². The Kier molecular flexibility index (Phi) is 7.24. The molecule has 0 amide bonds. The first-order valence-electron chi connectivity index (χ1n) is 8.96. The average Bonchev–Trinajstić information content (AvgIpc) is 2.43. The summed E-state index contributed by atoms with van der Waals surface area (Å²) in [5, 5.41) is 3.30. The number of guanidine groups is 1. The van der Waals surface area contributed by atoms with Crippen LogP contribution in [0.3, 0.4) is 0 Å². The molecule has 2 aliphatic rings. The Morgan fingerprint density at radius 3 is 2.71 bits per heavy atom. The van der Waals surface area contributed by atoms with Gasteiger partial charge in [-0.05, 0) is 39.5 Å². The first kappa shape index (κ1) is 19.8. The van der Waals surface area contributed by atoms with E-state index in [1.165, 1.54) is 6.42 Å². The van der Waals surface area contributed by atoms with Crippen molar-refractivity contribution in [2.75, 3.05) is 44.2 Å². The molecular formula is C16H32N4O2S2. The summed E-state index contributed by atoms with van der Waals surface area (Å²) >= 11 is 1.97. The first-order valence-corrected chi connectivity index (χ1v) is 11.6. The van der Waals surface area contributed by atoms with Crippen LogP contribution in [-0.2, 0) is 10.0 Å². The summed E-state index contributed by atoms with van der Waals surface area (Å²) in [4.78, 5) is 6.80. The van der Waals surface area contributed by atoms with Crippen LogP contribution in [0.4, 0.5) is 0 Å². The van der Waals surface area contributed by atoms with E-state index in [4.69, 9.17) is 0 Å². The lowest BCUT2D eigenvalue weighted by Crippen LogP contribution is -2.51. The lowest BCUT2D eigenvalue weighted by molar-refractivity contribution is 0.316. The summed E-state index contributed by atoms with van der Waals surface area (Å²) in [5.74, 6) is 2.49. The molecule has 0 unspecified atom stereocenters. The van der Waals surface area contributed by atoms with E-state index in [1.54, 1.807) is 0 Å². The maximum absolute atomic E-state index is 12.1. The van der Waals surface area contributed by atoms with Crippen molar-refractivity contribution in [2.45, 2.75) is 44.8 Å². The van der Waals surface area contributed by atoms with Crippen molar-refractivity contribution in [1.82, 2.24) is 14.9 Å². The van der Waals surface area contributed by atoms with Crippen molar-refractivity contribution in [1.29, 1.82) is 0 Å². The molecular weight excluding hydrogens is 344 g/mol. The largest absolute Gasteiger partial charge is 0.357 e. The molecule has 1 saturated carbocycles. The second kappa shape index (κ2) is 8.76. The van der Waals surface area contributed by atoms with Crippen LogP contribution >= 0.6 is 11.8 Å². The molecule has 24 heavy (non-hydrogen) atoms. The molecule has 8 heteroatoms. The van der Waals surface area contributed by atoms with Gasteiger partial charge in [-0.25, -0.2) is 13.1 Å². The highest BCUT2D eigenvalue weighted by molar-refractivity contribution is 8.00. The molecule has 0 bridgehead atoms. The molecule has 6 nitrogen and oxygen atoms in total. The molecule has 0 radical (unpaired) electrons. The van der Waals surface area contributed by atoms with Gasteiger partial charge in [0.2, 0.25) is 10.0 Å².